The number of alkyl halides is 3. The number of nitrogens with one attached hydrogen (secondary N) is 1. The van der Waals surface area contributed by atoms with Crippen LogP contribution in [0.25, 0.3) is 0 Å². The van der Waals surface area contributed by atoms with E-state index in [4.69, 9.17) is 4.42 Å². The third kappa shape index (κ3) is 4.02. The molecule has 2 atom stereocenters. The molecular formula is C23H22F3N5O3. The maximum absolute atomic E-state index is 13.9. The molecule has 4 heterocycles. The third-order valence-electron chi connectivity index (χ3n) is 6.26. The van der Waals surface area contributed by atoms with Gasteiger partial charge in [0.15, 0.2) is 11.8 Å². The van der Waals surface area contributed by atoms with E-state index in [9.17, 15) is 22.8 Å². The zero-order chi connectivity index (χ0) is 23.9. The number of fused-ring (bicyclic) bond motifs is 1. The Labute approximate surface area is 192 Å². The predicted octanol–water partition coefficient (Wildman–Crippen LogP) is 3.73. The second-order valence-corrected chi connectivity index (χ2v) is 8.31. The van der Waals surface area contributed by atoms with Gasteiger partial charge in [-0.25, -0.2) is 4.68 Å². The molecule has 1 fully saturated rings. The molecule has 8 nitrogen and oxygen atoms in total. The van der Waals surface area contributed by atoms with Gasteiger partial charge in [0.1, 0.15) is 11.4 Å². The van der Waals surface area contributed by atoms with Crippen LogP contribution in [0, 0.1) is 0 Å². The maximum atomic E-state index is 13.9. The summed E-state index contributed by atoms with van der Waals surface area (Å²) in [5.41, 5.74) is 0.786. The first-order valence-electron chi connectivity index (χ1n) is 10.9. The van der Waals surface area contributed by atoms with Crippen LogP contribution in [0.15, 0.2) is 59.3 Å². The molecule has 1 saturated heterocycles. The van der Waals surface area contributed by atoms with Crippen molar-refractivity contribution in [3.05, 3.63) is 71.8 Å². The number of carbonyl (C=O) groups is 2. The Morgan fingerprint density at radius 2 is 1.65 bits per heavy atom. The summed E-state index contributed by atoms with van der Waals surface area (Å²) < 4.78 is 47.7. The Hall–Kier alpha value is -3.76. The van der Waals surface area contributed by atoms with Gasteiger partial charge < -0.3 is 19.5 Å². The van der Waals surface area contributed by atoms with Gasteiger partial charge in [-0.3, -0.25) is 9.59 Å². The highest BCUT2D eigenvalue weighted by Crippen LogP contribution is 2.44. The van der Waals surface area contributed by atoms with Crippen molar-refractivity contribution < 1.29 is 27.2 Å². The van der Waals surface area contributed by atoms with Crippen molar-refractivity contribution in [2.24, 2.45) is 0 Å². The number of piperazine rings is 1. The highest BCUT2D eigenvalue weighted by atomic mass is 19.4. The zero-order valence-electron chi connectivity index (χ0n) is 18.0. The fraction of sp³-hybridized carbons (Fsp3) is 0.348. The van der Waals surface area contributed by atoms with Crippen LogP contribution in [0.4, 0.5) is 19.0 Å². The van der Waals surface area contributed by atoms with Crippen molar-refractivity contribution in [3.8, 4) is 0 Å². The lowest BCUT2D eigenvalue weighted by Crippen LogP contribution is -2.50. The molecule has 0 bridgehead atoms. The van der Waals surface area contributed by atoms with Crippen molar-refractivity contribution in [2.75, 3.05) is 31.5 Å². The number of nitrogens with zero attached hydrogens (tertiary/aromatic N) is 4. The number of halogens is 3. The van der Waals surface area contributed by atoms with Crippen molar-refractivity contribution in [1.82, 2.24) is 19.6 Å². The molecule has 2 aliphatic rings. The van der Waals surface area contributed by atoms with Gasteiger partial charge >= 0.3 is 6.18 Å². The fourth-order valence-electron chi connectivity index (χ4n) is 4.46. The van der Waals surface area contributed by atoms with E-state index in [0.717, 1.165) is 4.68 Å². The summed E-state index contributed by atoms with van der Waals surface area (Å²) >= 11 is 0. The molecule has 1 aromatic carbocycles. The summed E-state index contributed by atoms with van der Waals surface area (Å²) in [4.78, 5) is 28.8. The molecule has 0 saturated carbocycles. The summed E-state index contributed by atoms with van der Waals surface area (Å²) in [5, 5.41) is 7.04. The van der Waals surface area contributed by atoms with Crippen LogP contribution in [0.2, 0.25) is 0 Å². The molecule has 2 aromatic heterocycles. The number of furan rings is 1. The van der Waals surface area contributed by atoms with Crippen LogP contribution in [0.1, 0.15) is 45.0 Å². The van der Waals surface area contributed by atoms with Crippen molar-refractivity contribution in [3.63, 3.8) is 0 Å². The molecule has 2 aliphatic heterocycles. The largest absolute Gasteiger partial charge is 0.459 e. The molecule has 5 rings (SSSR count). The number of carbonyl (C=O) groups excluding carboxylic acids is 2. The highest BCUT2D eigenvalue weighted by Gasteiger charge is 2.47. The Kier molecular flexibility index (Phi) is 5.54. The van der Waals surface area contributed by atoms with E-state index in [2.05, 4.69) is 10.4 Å². The lowest BCUT2D eigenvalue weighted by Gasteiger charge is -2.36. The van der Waals surface area contributed by atoms with Gasteiger partial charge in [-0.15, -0.1) is 0 Å². The molecule has 34 heavy (non-hydrogen) atoms. The monoisotopic (exact) mass is 473 g/mol. The first-order valence-corrected chi connectivity index (χ1v) is 10.9. The number of aromatic nitrogens is 2. The minimum absolute atomic E-state index is 0.0570. The number of rotatable bonds is 3. The van der Waals surface area contributed by atoms with Crippen LogP contribution in [-0.4, -0.2) is 63.7 Å². The van der Waals surface area contributed by atoms with Gasteiger partial charge in [0.25, 0.3) is 11.8 Å². The average molecular weight is 473 g/mol. The van der Waals surface area contributed by atoms with Crippen LogP contribution in [0.5, 0.6) is 0 Å². The molecule has 178 valence electrons. The van der Waals surface area contributed by atoms with E-state index in [-0.39, 0.29) is 42.6 Å². The number of benzene rings is 1. The lowest BCUT2D eigenvalue weighted by atomic mass is 9.96. The second kappa shape index (κ2) is 8.54. The molecule has 2 amide bonds. The SMILES string of the molecule is O=C(c1ccco1)N1CCN(C(=O)c2cnn3c2N[C@H](c2ccccc2)C[C@@H]3C(F)(F)F)CC1. The predicted molar refractivity (Wildman–Crippen MR) is 115 cm³/mol. The minimum Gasteiger partial charge on any atom is -0.459 e. The highest BCUT2D eigenvalue weighted by molar-refractivity contribution is 5.99. The minimum atomic E-state index is -4.52. The maximum Gasteiger partial charge on any atom is 0.410 e. The first-order chi connectivity index (χ1) is 16.3. The summed E-state index contributed by atoms with van der Waals surface area (Å²) in [6.45, 7) is 1.08. The van der Waals surface area contributed by atoms with E-state index < -0.39 is 24.2 Å². The summed E-state index contributed by atoms with van der Waals surface area (Å²) in [5.74, 6) is -0.407. The first kappa shape index (κ1) is 22.1. The molecular weight excluding hydrogens is 451 g/mol. The smallest absolute Gasteiger partial charge is 0.410 e. The Morgan fingerprint density at radius 1 is 0.971 bits per heavy atom. The van der Waals surface area contributed by atoms with E-state index in [1.807, 2.05) is 0 Å². The van der Waals surface area contributed by atoms with Crippen LogP contribution < -0.4 is 5.32 Å². The second-order valence-electron chi connectivity index (χ2n) is 8.31. The molecule has 0 aliphatic carbocycles. The normalized spacial score (nSPS) is 20.6. The fourth-order valence-corrected chi connectivity index (χ4v) is 4.46. The third-order valence-corrected chi connectivity index (χ3v) is 6.26. The topological polar surface area (TPSA) is 83.6 Å². The standard InChI is InChI=1S/C23H22F3N5O3/c24-23(25,26)19-13-17(15-5-2-1-3-6-15)28-20-16(14-27-31(19)20)21(32)29-8-10-30(11-9-29)22(33)18-7-4-12-34-18/h1-7,12,14,17,19,28H,8-11,13H2/t17-,19+/m0/s1. The van der Waals surface area contributed by atoms with Crippen LogP contribution >= 0.6 is 0 Å². The number of hydrogen-bond acceptors (Lipinski definition) is 5. The van der Waals surface area contributed by atoms with E-state index >= 15 is 0 Å². The van der Waals surface area contributed by atoms with E-state index in [0.29, 0.717) is 18.7 Å². The molecule has 11 heteroatoms. The Morgan fingerprint density at radius 3 is 2.26 bits per heavy atom. The van der Waals surface area contributed by atoms with Gasteiger partial charge in [0, 0.05) is 32.6 Å². The summed E-state index contributed by atoms with van der Waals surface area (Å²) in [6.07, 6.45) is -2.14. The van der Waals surface area contributed by atoms with Gasteiger partial charge in [-0.2, -0.15) is 18.3 Å². The Bertz CT molecular complexity index is 1170. The number of hydrogen-bond donors (Lipinski definition) is 1. The zero-order valence-corrected chi connectivity index (χ0v) is 18.0. The Balaban J connectivity index is 1.36. The average Bonchev–Trinajstić information content (AvgIpc) is 3.53. The van der Waals surface area contributed by atoms with E-state index in [1.54, 1.807) is 47.4 Å². The number of anilines is 1. The molecule has 0 radical (unpaired) electrons. The van der Waals surface area contributed by atoms with Crippen molar-refractivity contribution in [2.45, 2.75) is 24.7 Å². The van der Waals surface area contributed by atoms with Crippen LogP contribution in [-0.2, 0) is 0 Å². The lowest BCUT2D eigenvalue weighted by molar-refractivity contribution is -0.173. The van der Waals surface area contributed by atoms with Crippen molar-refractivity contribution in [1.29, 1.82) is 0 Å². The van der Waals surface area contributed by atoms with Gasteiger partial charge in [0.2, 0.25) is 0 Å². The summed E-state index contributed by atoms with van der Waals surface area (Å²) in [7, 11) is 0. The quantitative estimate of drug-likeness (QED) is 0.627. The van der Waals surface area contributed by atoms with Crippen molar-refractivity contribution >= 4 is 17.6 Å². The van der Waals surface area contributed by atoms with Crippen LogP contribution in [0.3, 0.4) is 0 Å². The number of amides is 2. The summed E-state index contributed by atoms with van der Waals surface area (Å²) in [6, 6.07) is 9.57. The van der Waals surface area contributed by atoms with Gasteiger partial charge in [0.05, 0.1) is 18.5 Å². The molecule has 3 aromatic rings. The molecule has 0 spiro atoms. The van der Waals surface area contributed by atoms with Gasteiger partial charge in [-0.1, -0.05) is 30.3 Å². The molecule has 1 N–H and O–H groups in total. The van der Waals surface area contributed by atoms with E-state index in [1.165, 1.54) is 17.4 Å². The van der Waals surface area contributed by atoms with Gasteiger partial charge in [-0.05, 0) is 17.7 Å². The molecule has 0 unspecified atom stereocenters.